The molecule has 1 N–H and O–H groups in total. The molecule has 0 unspecified atom stereocenters. The van der Waals surface area contributed by atoms with Gasteiger partial charge in [-0.2, -0.15) is 0 Å². The van der Waals surface area contributed by atoms with Crippen molar-refractivity contribution in [2.24, 2.45) is 0 Å². The Morgan fingerprint density at radius 2 is 2.11 bits per heavy atom. The number of rotatable bonds is 4. The number of hydrogen-bond acceptors (Lipinski definition) is 3. The predicted octanol–water partition coefficient (Wildman–Crippen LogP) is 3.41. The van der Waals surface area contributed by atoms with Gasteiger partial charge in [-0.05, 0) is 30.3 Å². The summed E-state index contributed by atoms with van der Waals surface area (Å²) in [6.07, 6.45) is 1.54. The maximum atomic E-state index is 11.7. The molecule has 0 aliphatic heterocycles. The van der Waals surface area contributed by atoms with Gasteiger partial charge < -0.3 is 10.1 Å². The normalized spacial score (nSPS) is 10.0. The summed E-state index contributed by atoms with van der Waals surface area (Å²) in [7, 11) is 0. The van der Waals surface area contributed by atoms with Crippen molar-refractivity contribution in [3.8, 4) is 5.75 Å². The van der Waals surface area contributed by atoms with E-state index in [0.29, 0.717) is 21.6 Å². The number of nitrogens with one attached hydrogen (secondary N) is 1. The van der Waals surface area contributed by atoms with E-state index in [4.69, 9.17) is 27.9 Å². The zero-order valence-electron chi connectivity index (χ0n) is 9.77. The van der Waals surface area contributed by atoms with Gasteiger partial charge in [-0.15, -0.1) is 0 Å². The van der Waals surface area contributed by atoms with E-state index in [-0.39, 0.29) is 12.5 Å². The molecule has 19 heavy (non-hydrogen) atoms. The monoisotopic (exact) mass is 296 g/mol. The first-order valence-electron chi connectivity index (χ1n) is 5.44. The lowest BCUT2D eigenvalue weighted by atomic mass is 10.3. The number of pyridine rings is 1. The van der Waals surface area contributed by atoms with E-state index in [1.165, 1.54) is 0 Å². The number of hydrogen-bond donors (Lipinski definition) is 1. The van der Waals surface area contributed by atoms with Crippen LogP contribution in [0.5, 0.6) is 5.75 Å². The summed E-state index contributed by atoms with van der Waals surface area (Å²) >= 11 is 11.7. The van der Waals surface area contributed by atoms with Gasteiger partial charge in [-0.3, -0.25) is 4.79 Å². The first-order valence-corrected chi connectivity index (χ1v) is 6.19. The summed E-state index contributed by atoms with van der Waals surface area (Å²) < 4.78 is 5.29. The highest BCUT2D eigenvalue weighted by atomic mass is 35.5. The molecular weight excluding hydrogens is 287 g/mol. The van der Waals surface area contributed by atoms with Crippen LogP contribution in [0.3, 0.4) is 0 Å². The molecule has 2 rings (SSSR count). The Labute approximate surface area is 120 Å². The summed E-state index contributed by atoms with van der Waals surface area (Å²) in [6, 6.07) is 10.1. The molecule has 0 spiro atoms. The number of benzene rings is 1. The molecule has 98 valence electrons. The van der Waals surface area contributed by atoms with Gasteiger partial charge in [-0.25, -0.2) is 4.98 Å². The number of ether oxygens (including phenoxy) is 1. The molecule has 0 bridgehead atoms. The highest BCUT2D eigenvalue weighted by Gasteiger charge is 2.07. The fourth-order valence-electron chi connectivity index (χ4n) is 1.35. The number of nitrogens with zero attached hydrogens (tertiary/aromatic N) is 1. The number of amides is 1. The average molecular weight is 297 g/mol. The Hall–Kier alpha value is -1.78. The molecule has 0 saturated carbocycles. The van der Waals surface area contributed by atoms with Crippen LogP contribution in [0.1, 0.15) is 0 Å². The van der Waals surface area contributed by atoms with Gasteiger partial charge in [0.25, 0.3) is 5.91 Å². The average Bonchev–Trinajstić information content (AvgIpc) is 2.39. The number of halogens is 2. The molecule has 0 aliphatic rings. The molecule has 0 saturated heterocycles. The summed E-state index contributed by atoms with van der Waals surface area (Å²) in [6.45, 7) is -0.146. The first kappa shape index (κ1) is 13.6. The van der Waals surface area contributed by atoms with Gasteiger partial charge in [0.15, 0.2) is 12.4 Å². The largest absolute Gasteiger partial charge is 0.484 e. The Balaban J connectivity index is 1.90. The Bertz CT molecular complexity index is 590. The van der Waals surface area contributed by atoms with Crippen molar-refractivity contribution in [2.75, 3.05) is 11.9 Å². The highest BCUT2D eigenvalue weighted by molar-refractivity contribution is 6.33. The minimum Gasteiger partial charge on any atom is -0.484 e. The molecule has 0 fully saturated rings. The third-order valence-corrected chi connectivity index (χ3v) is 2.72. The van der Waals surface area contributed by atoms with E-state index in [9.17, 15) is 4.79 Å². The Kier molecular flexibility index (Phi) is 4.60. The van der Waals surface area contributed by atoms with E-state index in [1.54, 1.807) is 42.6 Å². The summed E-state index contributed by atoms with van der Waals surface area (Å²) in [5, 5.41) is 3.48. The summed E-state index contributed by atoms with van der Waals surface area (Å²) in [5.41, 5.74) is 0. The summed E-state index contributed by atoms with van der Waals surface area (Å²) in [4.78, 5) is 15.6. The van der Waals surface area contributed by atoms with Gasteiger partial charge in [-0.1, -0.05) is 29.3 Å². The van der Waals surface area contributed by atoms with Gasteiger partial charge in [0, 0.05) is 11.2 Å². The predicted molar refractivity (Wildman–Crippen MR) is 74.8 cm³/mol. The molecule has 0 aliphatic carbocycles. The number of aromatic nitrogens is 1. The Morgan fingerprint density at radius 1 is 1.26 bits per heavy atom. The maximum absolute atomic E-state index is 11.7. The Morgan fingerprint density at radius 3 is 2.84 bits per heavy atom. The molecular formula is C13H10Cl2N2O2. The van der Waals surface area contributed by atoms with Crippen LogP contribution in [0, 0.1) is 0 Å². The van der Waals surface area contributed by atoms with Gasteiger partial charge in [0.05, 0.1) is 5.02 Å². The van der Waals surface area contributed by atoms with Crippen LogP contribution in [-0.2, 0) is 4.79 Å². The second-order valence-corrected chi connectivity index (χ2v) is 4.47. The highest BCUT2D eigenvalue weighted by Crippen LogP contribution is 2.18. The molecule has 0 atom stereocenters. The minimum absolute atomic E-state index is 0.146. The lowest BCUT2D eigenvalue weighted by Crippen LogP contribution is -2.20. The standard InChI is InChI=1S/C13H10Cl2N2O2/c14-9-3-1-4-10(7-9)19-8-12(18)17-13-11(15)5-2-6-16-13/h1-7H,8H2,(H,16,17,18). The second kappa shape index (κ2) is 6.41. The zero-order valence-corrected chi connectivity index (χ0v) is 11.3. The van der Waals surface area contributed by atoms with Gasteiger partial charge >= 0.3 is 0 Å². The van der Waals surface area contributed by atoms with Crippen molar-refractivity contribution in [3.05, 3.63) is 52.6 Å². The molecule has 2 aromatic rings. The van der Waals surface area contributed by atoms with Crippen LogP contribution in [0.15, 0.2) is 42.6 Å². The van der Waals surface area contributed by atoms with Gasteiger partial charge in [0.2, 0.25) is 0 Å². The van der Waals surface area contributed by atoms with Gasteiger partial charge in [0.1, 0.15) is 5.75 Å². The van der Waals surface area contributed by atoms with E-state index < -0.39 is 0 Å². The lowest BCUT2D eigenvalue weighted by Gasteiger charge is -2.07. The van der Waals surface area contributed by atoms with E-state index in [0.717, 1.165) is 0 Å². The minimum atomic E-state index is -0.347. The third kappa shape index (κ3) is 4.12. The zero-order chi connectivity index (χ0) is 13.7. The van der Waals surface area contributed by atoms with E-state index in [1.807, 2.05) is 0 Å². The number of anilines is 1. The fraction of sp³-hybridized carbons (Fsp3) is 0.0769. The van der Waals surface area contributed by atoms with Crippen LogP contribution >= 0.6 is 23.2 Å². The molecule has 1 aromatic heterocycles. The molecule has 0 radical (unpaired) electrons. The SMILES string of the molecule is O=C(COc1cccc(Cl)c1)Nc1ncccc1Cl. The number of carbonyl (C=O) groups is 1. The van der Waals surface area contributed by atoms with Crippen LogP contribution in [-0.4, -0.2) is 17.5 Å². The molecule has 1 amide bonds. The van der Waals surface area contributed by atoms with Crippen molar-refractivity contribution in [1.29, 1.82) is 0 Å². The second-order valence-electron chi connectivity index (χ2n) is 3.63. The van der Waals surface area contributed by atoms with Crippen molar-refractivity contribution < 1.29 is 9.53 Å². The summed E-state index contributed by atoms with van der Waals surface area (Å²) in [5.74, 6) is 0.485. The van der Waals surface area contributed by atoms with E-state index >= 15 is 0 Å². The van der Waals surface area contributed by atoms with Crippen LogP contribution in [0.4, 0.5) is 5.82 Å². The van der Waals surface area contributed by atoms with Crippen molar-refractivity contribution in [1.82, 2.24) is 4.98 Å². The first-order chi connectivity index (χ1) is 9.15. The molecule has 6 heteroatoms. The lowest BCUT2D eigenvalue weighted by molar-refractivity contribution is -0.118. The van der Waals surface area contributed by atoms with E-state index in [2.05, 4.69) is 10.3 Å². The third-order valence-electron chi connectivity index (χ3n) is 2.18. The van der Waals surface area contributed by atoms with Crippen molar-refractivity contribution in [2.45, 2.75) is 0 Å². The smallest absolute Gasteiger partial charge is 0.263 e. The quantitative estimate of drug-likeness (QED) is 0.941. The number of carbonyl (C=O) groups excluding carboxylic acids is 1. The van der Waals surface area contributed by atoms with Crippen LogP contribution in [0.25, 0.3) is 0 Å². The maximum Gasteiger partial charge on any atom is 0.263 e. The molecule has 1 heterocycles. The van der Waals surface area contributed by atoms with Crippen molar-refractivity contribution in [3.63, 3.8) is 0 Å². The molecule has 4 nitrogen and oxygen atoms in total. The topological polar surface area (TPSA) is 51.2 Å². The van der Waals surface area contributed by atoms with Crippen LogP contribution in [0.2, 0.25) is 10.0 Å². The molecule has 1 aromatic carbocycles. The van der Waals surface area contributed by atoms with Crippen LogP contribution < -0.4 is 10.1 Å². The fourth-order valence-corrected chi connectivity index (χ4v) is 1.70. The van der Waals surface area contributed by atoms with Crippen molar-refractivity contribution >= 4 is 34.9 Å².